The van der Waals surface area contributed by atoms with Crippen molar-refractivity contribution in [2.24, 2.45) is 13.0 Å². The highest BCUT2D eigenvalue weighted by molar-refractivity contribution is 5.78. The SMILES string of the molecule is Cc1ccc(CN(C)CC(=O)N[C@@H](c2nccn2C)C(C)C)cc1. The third-order valence-electron chi connectivity index (χ3n) is 4.11. The molecule has 0 aliphatic rings. The van der Waals surface area contributed by atoms with Crippen LogP contribution in [0.25, 0.3) is 0 Å². The quantitative estimate of drug-likeness (QED) is 0.850. The molecule has 1 atom stereocenters. The first-order chi connectivity index (χ1) is 11.4. The van der Waals surface area contributed by atoms with Gasteiger partial charge in [-0.25, -0.2) is 4.98 Å². The minimum atomic E-state index is -0.0784. The number of likely N-dealkylation sites (N-methyl/N-ethyl adjacent to an activating group) is 1. The van der Waals surface area contributed by atoms with E-state index in [9.17, 15) is 4.79 Å². The zero-order valence-corrected chi connectivity index (χ0v) is 15.3. The molecule has 0 fully saturated rings. The van der Waals surface area contributed by atoms with E-state index in [1.165, 1.54) is 11.1 Å². The Balaban J connectivity index is 1.93. The summed E-state index contributed by atoms with van der Waals surface area (Å²) in [7, 11) is 3.91. The number of nitrogens with zero attached hydrogens (tertiary/aromatic N) is 3. The highest BCUT2D eigenvalue weighted by atomic mass is 16.2. The molecule has 2 rings (SSSR count). The van der Waals surface area contributed by atoms with Gasteiger partial charge in [-0.05, 0) is 25.5 Å². The maximum atomic E-state index is 12.4. The molecule has 0 bridgehead atoms. The van der Waals surface area contributed by atoms with Gasteiger partial charge in [-0.3, -0.25) is 9.69 Å². The van der Waals surface area contributed by atoms with Gasteiger partial charge >= 0.3 is 0 Å². The average Bonchev–Trinajstić information content (AvgIpc) is 2.92. The van der Waals surface area contributed by atoms with Crippen molar-refractivity contribution in [3.63, 3.8) is 0 Å². The second kappa shape index (κ2) is 8.11. The molecule has 5 nitrogen and oxygen atoms in total. The zero-order valence-electron chi connectivity index (χ0n) is 15.3. The molecule has 0 saturated heterocycles. The van der Waals surface area contributed by atoms with Crippen LogP contribution in [0.3, 0.4) is 0 Å². The van der Waals surface area contributed by atoms with Crippen LogP contribution in [-0.2, 0) is 18.4 Å². The summed E-state index contributed by atoms with van der Waals surface area (Å²) in [5, 5.41) is 3.12. The smallest absolute Gasteiger partial charge is 0.234 e. The Morgan fingerprint density at radius 1 is 1.29 bits per heavy atom. The normalized spacial score (nSPS) is 12.6. The summed E-state index contributed by atoms with van der Waals surface area (Å²) in [4.78, 5) is 18.8. The molecule has 5 heteroatoms. The van der Waals surface area contributed by atoms with E-state index in [0.717, 1.165) is 12.4 Å². The number of benzene rings is 1. The topological polar surface area (TPSA) is 50.2 Å². The lowest BCUT2D eigenvalue weighted by molar-refractivity contribution is -0.123. The molecule has 0 unspecified atom stereocenters. The van der Waals surface area contributed by atoms with E-state index in [1.54, 1.807) is 6.20 Å². The highest BCUT2D eigenvalue weighted by Gasteiger charge is 2.22. The number of carbonyl (C=O) groups is 1. The summed E-state index contributed by atoms with van der Waals surface area (Å²) < 4.78 is 1.96. The van der Waals surface area contributed by atoms with Crippen LogP contribution in [0.1, 0.15) is 36.8 Å². The van der Waals surface area contributed by atoms with Gasteiger partial charge in [-0.2, -0.15) is 0 Å². The van der Waals surface area contributed by atoms with Crippen LogP contribution in [-0.4, -0.2) is 34.0 Å². The maximum Gasteiger partial charge on any atom is 0.234 e. The minimum Gasteiger partial charge on any atom is -0.345 e. The van der Waals surface area contributed by atoms with E-state index in [0.29, 0.717) is 6.54 Å². The van der Waals surface area contributed by atoms with Crippen molar-refractivity contribution in [2.75, 3.05) is 13.6 Å². The molecule has 1 aromatic heterocycles. The first kappa shape index (κ1) is 18.2. The Morgan fingerprint density at radius 2 is 1.96 bits per heavy atom. The predicted molar refractivity (Wildman–Crippen MR) is 96.4 cm³/mol. The van der Waals surface area contributed by atoms with Crippen LogP contribution < -0.4 is 5.32 Å². The Labute approximate surface area is 144 Å². The summed E-state index contributed by atoms with van der Waals surface area (Å²) in [6.07, 6.45) is 3.67. The molecule has 1 heterocycles. The number of nitrogens with one attached hydrogen (secondary N) is 1. The number of rotatable bonds is 7. The van der Waals surface area contributed by atoms with Crippen molar-refractivity contribution in [3.05, 3.63) is 53.6 Å². The van der Waals surface area contributed by atoms with Gasteiger partial charge in [0.2, 0.25) is 5.91 Å². The van der Waals surface area contributed by atoms with Crippen molar-refractivity contribution in [2.45, 2.75) is 33.4 Å². The Morgan fingerprint density at radius 3 is 2.50 bits per heavy atom. The molecule has 0 radical (unpaired) electrons. The first-order valence-electron chi connectivity index (χ1n) is 8.37. The molecule has 0 aliphatic carbocycles. The number of hydrogen-bond acceptors (Lipinski definition) is 3. The molecule has 0 spiro atoms. The lowest BCUT2D eigenvalue weighted by Gasteiger charge is -2.24. The molecule has 0 aliphatic heterocycles. The lowest BCUT2D eigenvalue weighted by Crippen LogP contribution is -2.39. The molecule has 2 aromatic rings. The molecule has 1 amide bonds. The third-order valence-corrected chi connectivity index (χ3v) is 4.11. The summed E-state index contributed by atoms with van der Waals surface area (Å²) in [5.41, 5.74) is 2.45. The van der Waals surface area contributed by atoms with E-state index < -0.39 is 0 Å². The fourth-order valence-electron chi connectivity index (χ4n) is 2.73. The maximum absolute atomic E-state index is 12.4. The van der Waals surface area contributed by atoms with Gasteiger partial charge < -0.3 is 9.88 Å². The Bertz CT molecular complexity index is 660. The number of carbonyl (C=O) groups excluding carboxylic acids is 1. The lowest BCUT2D eigenvalue weighted by atomic mass is 10.0. The van der Waals surface area contributed by atoms with Crippen LogP contribution in [0, 0.1) is 12.8 Å². The summed E-state index contributed by atoms with van der Waals surface area (Å²) in [6.45, 7) is 7.37. The van der Waals surface area contributed by atoms with Gasteiger partial charge in [0.1, 0.15) is 5.82 Å². The summed E-state index contributed by atoms with van der Waals surface area (Å²) in [5.74, 6) is 1.18. The number of aryl methyl sites for hydroxylation is 2. The van der Waals surface area contributed by atoms with E-state index >= 15 is 0 Å². The average molecular weight is 328 g/mol. The molecule has 1 aromatic carbocycles. The van der Waals surface area contributed by atoms with Gasteiger partial charge in [-0.15, -0.1) is 0 Å². The Kier molecular flexibility index (Phi) is 6.15. The third kappa shape index (κ3) is 4.93. The van der Waals surface area contributed by atoms with Gasteiger partial charge in [0.25, 0.3) is 0 Å². The molecule has 1 N–H and O–H groups in total. The van der Waals surface area contributed by atoms with E-state index in [-0.39, 0.29) is 17.9 Å². The predicted octanol–water partition coefficient (Wildman–Crippen LogP) is 2.67. The molecule has 24 heavy (non-hydrogen) atoms. The van der Waals surface area contributed by atoms with Gasteiger partial charge in [-0.1, -0.05) is 43.7 Å². The number of aromatic nitrogens is 2. The second-order valence-corrected chi connectivity index (χ2v) is 6.84. The number of hydrogen-bond donors (Lipinski definition) is 1. The fourth-order valence-corrected chi connectivity index (χ4v) is 2.73. The van der Waals surface area contributed by atoms with Crippen LogP contribution in [0.4, 0.5) is 0 Å². The summed E-state index contributed by atoms with van der Waals surface area (Å²) in [6, 6.07) is 8.33. The summed E-state index contributed by atoms with van der Waals surface area (Å²) >= 11 is 0. The zero-order chi connectivity index (χ0) is 17.7. The van der Waals surface area contributed by atoms with E-state index in [1.807, 2.05) is 29.8 Å². The highest BCUT2D eigenvalue weighted by Crippen LogP contribution is 2.19. The van der Waals surface area contributed by atoms with E-state index in [4.69, 9.17) is 0 Å². The van der Waals surface area contributed by atoms with Gasteiger partial charge in [0.15, 0.2) is 0 Å². The van der Waals surface area contributed by atoms with Crippen molar-refractivity contribution in [1.29, 1.82) is 0 Å². The second-order valence-electron chi connectivity index (χ2n) is 6.84. The molecular weight excluding hydrogens is 300 g/mol. The van der Waals surface area contributed by atoms with Crippen molar-refractivity contribution in [3.8, 4) is 0 Å². The molecule has 0 saturated carbocycles. The van der Waals surface area contributed by atoms with Gasteiger partial charge in [0, 0.05) is 26.0 Å². The fraction of sp³-hybridized carbons (Fsp3) is 0.474. The molecular formula is C19H28N4O. The Hall–Kier alpha value is -2.14. The van der Waals surface area contributed by atoms with Crippen LogP contribution in [0.5, 0.6) is 0 Å². The van der Waals surface area contributed by atoms with Gasteiger partial charge in [0.05, 0.1) is 12.6 Å². The first-order valence-corrected chi connectivity index (χ1v) is 8.37. The minimum absolute atomic E-state index is 0.0197. The molecule has 130 valence electrons. The van der Waals surface area contributed by atoms with Crippen molar-refractivity contribution >= 4 is 5.91 Å². The van der Waals surface area contributed by atoms with E-state index in [2.05, 4.69) is 55.3 Å². The number of imidazole rings is 1. The number of amides is 1. The van der Waals surface area contributed by atoms with Crippen molar-refractivity contribution in [1.82, 2.24) is 19.8 Å². The standard InChI is InChI=1S/C19H28N4O/c1-14(2)18(19-20-10-11-23(19)5)21-17(24)13-22(4)12-16-8-6-15(3)7-9-16/h6-11,14,18H,12-13H2,1-5H3,(H,21,24)/t18-/m1/s1. The van der Waals surface area contributed by atoms with Crippen molar-refractivity contribution < 1.29 is 4.79 Å². The van der Waals surface area contributed by atoms with Crippen LogP contribution in [0.15, 0.2) is 36.7 Å². The van der Waals surface area contributed by atoms with Crippen LogP contribution >= 0.6 is 0 Å². The monoisotopic (exact) mass is 328 g/mol. The van der Waals surface area contributed by atoms with Crippen LogP contribution in [0.2, 0.25) is 0 Å². The largest absolute Gasteiger partial charge is 0.345 e.